The molecule has 0 unspecified atom stereocenters. The van der Waals surface area contributed by atoms with E-state index in [-0.39, 0.29) is 16.9 Å². The van der Waals surface area contributed by atoms with Gasteiger partial charge in [-0.25, -0.2) is 0 Å². The molecular weight excluding hydrogens is 244 g/mol. The highest BCUT2D eigenvalue weighted by molar-refractivity contribution is 8.17. The smallest absolute Gasteiger partial charge is 0.102 e. The number of thioether (sulfide) groups is 1. The summed E-state index contributed by atoms with van der Waals surface area (Å²) in [6.45, 7) is 0. The number of allylic oxidation sites excluding steroid dienone is 3. The molecule has 0 aromatic carbocycles. The number of hydrogen-bond acceptors (Lipinski definition) is 5. The van der Waals surface area contributed by atoms with Gasteiger partial charge in [0.25, 0.3) is 0 Å². The molecule has 0 spiro atoms. The maximum atomic E-state index is 9.26. The van der Waals surface area contributed by atoms with Crippen molar-refractivity contribution in [2.45, 2.75) is 19.3 Å². The lowest BCUT2D eigenvalue weighted by Crippen LogP contribution is -2.33. The summed E-state index contributed by atoms with van der Waals surface area (Å²) in [6.07, 6.45) is 7.24. The molecule has 92 valence electrons. The average molecular weight is 258 g/mol. The Morgan fingerprint density at radius 1 is 1.44 bits per heavy atom. The molecule has 1 aliphatic carbocycles. The second-order valence-corrected chi connectivity index (χ2v) is 5.60. The van der Waals surface area contributed by atoms with E-state index in [4.69, 9.17) is 11.1 Å². The third-order valence-electron chi connectivity index (χ3n) is 3.47. The summed E-state index contributed by atoms with van der Waals surface area (Å²) in [5.74, 6) is -0.632. The van der Waals surface area contributed by atoms with E-state index < -0.39 is 5.92 Å². The molecule has 1 heterocycles. The molecule has 0 bridgehead atoms. The van der Waals surface area contributed by atoms with Crippen LogP contribution in [0.1, 0.15) is 19.3 Å². The van der Waals surface area contributed by atoms with Gasteiger partial charge in [-0.2, -0.15) is 10.5 Å². The molecule has 4 nitrogen and oxygen atoms in total. The summed E-state index contributed by atoms with van der Waals surface area (Å²) in [5, 5.41) is 27.1. The van der Waals surface area contributed by atoms with E-state index in [9.17, 15) is 10.5 Å². The summed E-state index contributed by atoms with van der Waals surface area (Å²) in [4.78, 5) is 0. The van der Waals surface area contributed by atoms with Gasteiger partial charge in [-0.05, 0) is 25.2 Å². The average Bonchev–Trinajstić information content (AvgIpc) is 2.39. The van der Waals surface area contributed by atoms with Crippen molar-refractivity contribution in [3.8, 4) is 12.1 Å². The van der Waals surface area contributed by atoms with Crippen molar-refractivity contribution in [2.24, 2.45) is 23.5 Å². The highest BCUT2D eigenvalue weighted by atomic mass is 32.2. The van der Waals surface area contributed by atoms with Crippen LogP contribution >= 0.6 is 11.8 Å². The van der Waals surface area contributed by atoms with Crippen molar-refractivity contribution in [3.63, 3.8) is 0 Å². The van der Waals surface area contributed by atoms with Gasteiger partial charge in [-0.15, -0.1) is 0 Å². The highest BCUT2D eigenvalue weighted by Crippen LogP contribution is 2.43. The molecule has 3 atom stereocenters. The molecule has 1 aliphatic heterocycles. The maximum Gasteiger partial charge on any atom is 0.102 e. The highest BCUT2D eigenvalue weighted by Gasteiger charge is 2.40. The molecule has 18 heavy (non-hydrogen) atoms. The molecule has 0 saturated carbocycles. The maximum absolute atomic E-state index is 9.26. The molecule has 0 radical (unpaired) electrons. The number of nitrogens with one attached hydrogen (secondary N) is 1. The summed E-state index contributed by atoms with van der Waals surface area (Å²) < 4.78 is 0. The van der Waals surface area contributed by atoms with Gasteiger partial charge in [0.15, 0.2) is 0 Å². The van der Waals surface area contributed by atoms with Gasteiger partial charge in [0, 0.05) is 5.92 Å². The van der Waals surface area contributed by atoms with Crippen LogP contribution in [0.2, 0.25) is 0 Å². The molecule has 3 N–H and O–H groups in total. The Kier molecular flexibility index (Phi) is 3.74. The van der Waals surface area contributed by atoms with Gasteiger partial charge in [-0.3, -0.25) is 5.41 Å². The lowest BCUT2D eigenvalue weighted by atomic mass is 9.74. The van der Waals surface area contributed by atoms with Crippen LogP contribution < -0.4 is 5.73 Å². The fourth-order valence-corrected chi connectivity index (χ4v) is 3.45. The number of nitrogens with zero attached hydrogens (tertiary/aromatic N) is 2. The lowest BCUT2D eigenvalue weighted by molar-refractivity contribution is 0.382. The van der Waals surface area contributed by atoms with Crippen LogP contribution in [0.5, 0.6) is 0 Å². The largest absolute Gasteiger partial charge is 0.392 e. The number of nitriles is 2. The zero-order chi connectivity index (χ0) is 13.1. The van der Waals surface area contributed by atoms with Gasteiger partial charge >= 0.3 is 0 Å². The molecular formula is C13H14N4S. The van der Waals surface area contributed by atoms with Crippen molar-refractivity contribution in [1.29, 1.82) is 15.9 Å². The van der Waals surface area contributed by atoms with E-state index >= 15 is 0 Å². The van der Waals surface area contributed by atoms with Crippen LogP contribution in [0.3, 0.4) is 0 Å². The Bertz CT molecular complexity index is 506. The van der Waals surface area contributed by atoms with Gasteiger partial charge in [-0.1, -0.05) is 23.9 Å². The molecule has 0 amide bonds. The fraction of sp³-hybridized carbons (Fsp3) is 0.462. The Labute approximate surface area is 111 Å². The first kappa shape index (κ1) is 12.7. The minimum absolute atomic E-state index is 0.151. The van der Waals surface area contributed by atoms with E-state index in [1.807, 2.05) is 0 Å². The lowest BCUT2D eigenvalue weighted by Gasteiger charge is -2.33. The predicted molar refractivity (Wildman–Crippen MR) is 71.2 cm³/mol. The summed E-state index contributed by atoms with van der Waals surface area (Å²) in [7, 11) is 0. The van der Waals surface area contributed by atoms with E-state index in [2.05, 4.69) is 24.3 Å². The molecule has 2 aliphatic rings. The first-order chi connectivity index (χ1) is 8.69. The topological polar surface area (TPSA) is 97.4 Å². The fourth-order valence-electron chi connectivity index (χ4n) is 2.60. The first-order valence-electron chi connectivity index (χ1n) is 5.91. The molecule has 2 rings (SSSR count). The molecule has 0 saturated heterocycles. The predicted octanol–water partition coefficient (Wildman–Crippen LogP) is 2.52. The van der Waals surface area contributed by atoms with Gasteiger partial charge in [0.1, 0.15) is 5.92 Å². The Morgan fingerprint density at radius 2 is 2.22 bits per heavy atom. The minimum atomic E-state index is -0.537. The van der Waals surface area contributed by atoms with Crippen LogP contribution in [0, 0.1) is 45.8 Å². The van der Waals surface area contributed by atoms with E-state index in [0.717, 1.165) is 31.0 Å². The molecule has 0 aromatic heterocycles. The van der Waals surface area contributed by atoms with Crippen LogP contribution in [-0.4, -0.2) is 5.04 Å². The Balaban J connectivity index is 2.44. The van der Waals surface area contributed by atoms with Gasteiger partial charge < -0.3 is 5.73 Å². The van der Waals surface area contributed by atoms with Crippen LogP contribution in [0.4, 0.5) is 0 Å². The minimum Gasteiger partial charge on any atom is -0.392 e. The second kappa shape index (κ2) is 5.29. The number of nitrogens with two attached hydrogens (primary N) is 1. The zero-order valence-corrected chi connectivity index (χ0v) is 10.7. The van der Waals surface area contributed by atoms with Crippen molar-refractivity contribution in [3.05, 3.63) is 22.8 Å². The van der Waals surface area contributed by atoms with E-state index in [0.29, 0.717) is 10.6 Å². The second-order valence-electron chi connectivity index (χ2n) is 4.51. The van der Waals surface area contributed by atoms with Gasteiger partial charge in [0.2, 0.25) is 0 Å². The van der Waals surface area contributed by atoms with E-state index in [1.165, 1.54) is 0 Å². The number of rotatable bonds is 1. The van der Waals surface area contributed by atoms with Crippen molar-refractivity contribution in [1.82, 2.24) is 0 Å². The molecule has 0 fully saturated rings. The molecule has 0 aromatic rings. The van der Waals surface area contributed by atoms with E-state index in [1.54, 1.807) is 0 Å². The Morgan fingerprint density at radius 3 is 2.78 bits per heavy atom. The van der Waals surface area contributed by atoms with Crippen LogP contribution in [-0.2, 0) is 0 Å². The van der Waals surface area contributed by atoms with Crippen molar-refractivity contribution >= 4 is 16.8 Å². The summed E-state index contributed by atoms with van der Waals surface area (Å²) in [6, 6.07) is 4.30. The zero-order valence-electron chi connectivity index (χ0n) is 9.89. The molecule has 5 heteroatoms. The number of hydrogen-bond donors (Lipinski definition) is 2. The third kappa shape index (κ3) is 2.14. The van der Waals surface area contributed by atoms with Crippen LogP contribution in [0.15, 0.2) is 22.8 Å². The monoisotopic (exact) mass is 258 g/mol. The van der Waals surface area contributed by atoms with Gasteiger partial charge in [0.05, 0.1) is 27.8 Å². The van der Waals surface area contributed by atoms with Crippen molar-refractivity contribution < 1.29 is 0 Å². The first-order valence-corrected chi connectivity index (χ1v) is 6.73. The summed E-state index contributed by atoms with van der Waals surface area (Å²) >= 11 is 1.05. The SMILES string of the molecule is N#CC1=C(N)SC(=N)[C@H](C#N)[C@H]1[C@@H]1C=CCCC1. The third-order valence-corrected chi connectivity index (χ3v) is 4.39. The van der Waals surface area contributed by atoms with Crippen molar-refractivity contribution in [2.75, 3.05) is 0 Å². The quantitative estimate of drug-likeness (QED) is 0.706. The normalized spacial score (nSPS) is 31.9. The van der Waals surface area contributed by atoms with Crippen LogP contribution in [0.25, 0.3) is 0 Å². The Hall–Kier alpha value is -1.72. The standard InChI is InChI=1S/C13H14N4S/c14-6-9-11(8-4-2-1-3-5-8)10(7-15)13(17)18-12(9)16/h2,4,8-9,11,16H,1,3,5,17H2/t8-,9-,11-/m1/s1. The summed E-state index contributed by atoms with van der Waals surface area (Å²) in [5.41, 5.74) is 6.32.